The lowest BCUT2D eigenvalue weighted by Gasteiger charge is -2.28. The average molecular weight is 422 g/mol. The quantitative estimate of drug-likeness (QED) is 0.334. The summed E-state index contributed by atoms with van der Waals surface area (Å²) in [6.45, 7) is 0. The molecule has 0 unspecified atom stereocenters. The van der Waals surface area contributed by atoms with E-state index in [2.05, 4.69) is 0 Å². The highest BCUT2D eigenvalue weighted by atomic mass is 16.6. The third-order valence-electron chi connectivity index (χ3n) is 5.02. The summed E-state index contributed by atoms with van der Waals surface area (Å²) < 4.78 is 11.9. The zero-order chi connectivity index (χ0) is 22.2. The maximum atomic E-state index is 13.0. The Morgan fingerprint density at radius 1 is 0.438 bits per heavy atom. The lowest BCUT2D eigenvalue weighted by molar-refractivity contribution is -0.0388. The number of hydrogen-bond donors (Lipinski definition) is 0. The maximum absolute atomic E-state index is 13.0. The second-order valence-corrected chi connectivity index (χ2v) is 7.21. The van der Waals surface area contributed by atoms with Crippen LogP contribution in [-0.4, -0.2) is 11.9 Å². The van der Waals surface area contributed by atoms with Gasteiger partial charge in [0.25, 0.3) is 0 Å². The first-order valence-corrected chi connectivity index (χ1v) is 10.3. The van der Waals surface area contributed by atoms with Gasteiger partial charge in [0.1, 0.15) is 0 Å². The molecule has 4 aromatic rings. The number of rotatable bonds is 7. The SMILES string of the molecule is O=C(O[C@@H](c1ccccc1)[C@@H](OC(=O)c1ccccc1)c1ccccc1)c1ccccc1. The first-order valence-electron chi connectivity index (χ1n) is 10.3. The largest absolute Gasteiger partial charge is 0.450 e. The fourth-order valence-electron chi connectivity index (χ4n) is 3.41. The molecule has 0 fully saturated rings. The summed E-state index contributed by atoms with van der Waals surface area (Å²) in [5.74, 6) is -0.979. The van der Waals surface area contributed by atoms with Crippen LogP contribution in [0.2, 0.25) is 0 Å². The number of benzene rings is 4. The summed E-state index contributed by atoms with van der Waals surface area (Å²) in [6.07, 6.45) is -1.67. The van der Waals surface area contributed by atoms with Crippen molar-refractivity contribution in [2.24, 2.45) is 0 Å². The van der Waals surface area contributed by atoms with Gasteiger partial charge in [-0.3, -0.25) is 0 Å². The zero-order valence-electron chi connectivity index (χ0n) is 17.3. The highest BCUT2D eigenvalue weighted by Gasteiger charge is 2.32. The molecule has 32 heavy (non-hydrogen) atoms. The van der Waals surface area contributed by atoms with Crippen LogP contribution in [0.4, 0.5) is 0 Å². The molecule has 0 saturated heterocycles. The van der Waals surface area contributed by atoms with Crippen LogP contribution in [0, 0.1) is 0 Å². The molecule has 0 radical (unpaired) electrons. The lowest BCUT2D eigenvalue weighted by atomic mass is 9.97. The van der Waals surface area contributed by atoms with Crippen molar-refractivity contribution in [3.63, 3.8) is 0 Å². The molecule has 0 saturated carbocycles. The lowest BCUT2D eigenvalue weighted by Crippen LogP contribution is -2.23. The normalized spacial score (nSPS) is 12.4. The second-order valence-electron chi connectivity index (χ2n) is 7.21. The summed E-state index contributed by atoms with van der Waals surface area (Å²) in [4.78, 5) is 25.9. The van der Waals surface area contributed by atoms with Crippen LogP contribution in [0.3, 0.4) is 0 Å². The molecule has 0 aliphatic heterocycles. The number of esters is 2. The standard InChI is InChI=1S/C28H22O4/c29-27(23-17-9-3-10-18-23)31-25(21-13-5-1-6-14-21)26(22-15-7-2-8-16-22)32-28(30)24-19-11-4-12-20-24/h1-20,25-26H/t25-,26-/m0/s1. The second kappa shape index (κ2) is 10.2. The molecule has 0 aromatic heterocycles. The predicted molar refractivity (Wildman–Crippen MR) is 122 cm³/mol. The number of ether oxygens (including phenoxy) is 2. The van der Waals surface area contributed by atoms with Crippen LogP contribution >= 0.6 is 0 Å². The van der Waals surface area contributed by atoms with E-state index in [-0.39, 0.29) is 0 Å². The van der Waals surface area contributed by atoms with E-state index in [1.54, 1.807) is 48.5 Å². The summed E-state index contributed by atoms with van der Waals surface area (Å²) in [7, 11) is 0. The number of hydrogen-bond acceptors (Lipinski definition) is 4. The highest BCUT2D eigenvalue weighted by Crippen LogP contribution is 2.36. The van der Waals surface area contributed by atoms with Crippen molar-refractivity contribution in [1.29, 1.82) is 0 Å². The van der Waals surface area contributed by atoms with Crippen LogP contribution in [0.25, 0.3) is 0 Å². The summed E-state index contributed by atoms with van der Waals surface area (Å²) in [6, 6.07) is 36.2. The van der Waals surface area contributed by atoms with Gasteiger partial charge < -0.3 is 9.47 Å². The number of carbonyl (C=O) groups is 2. The fraction of sp³-hybridized carbons (Fsp3) is 0.0714. The molecule has 158 valence electrons. The first-order chi connectivity index (χ1) is 15.7. The molecule has 0 bridgehead atoms. The first kappa shape index (κ1) is 21.1. The van der Waals surface area contributed by atoms with Crippen molar-refractivity contribution in [1.82, 2.24) is 0 Å². The molecule has 0 spiro atoms. The van der Waals surface area contributed by atoms with Gasteiger partial charge in [-0.2, -0.15) is 0 Å². The maximum Gasteiger partial charge on any atom is 0.338 e. The third-order valence-corrected chi connectivity index (χ3v) is 5.02. The zero-order valence-corrected chi connectivity index (χ0v) is 17.3. The monoisotopic (exact) mass is 422 g/mol. The van der Waals surface area contributed by atoms with Gasteiger partial charge in [0.05, 0.1) is 11.1 Å². The van der Waals surface area contributed by atoms with Crippen molar-refractivity contribution >= 4 is 11.9 Å². The Hall–Kier alpha value is -4.18. The van der Waals surface area contributed by atoms with E-state index in [0.29, 0.717) is 11.1 Å². The minimum Gasteiger partial charge on any atom is -0.450 e. The summed E-state index contributed by atoms with van der Waals surface area (Å²) in [5, 5.41) is 0. The molecule has 0 aliphatic rings. The Bertz CT molecular complexity index is 1050. The van der Waals surface area contributed by atoms with E-state index in [9.17, 15) is 9.59 Å². The van der Waals surface area contributed by atoms with Crippen molar-refractivity contribution < 1.29 is 19.1 Å². The van der Waals surface area contributed by atoms with E-state index in [0.717, 1.165) is 11.1 Å². The molecule has 4 aromatic carbocycles. The Morgan fingerprint density at radius 2 is 0.719 bits per heavy atom. The molecule has 0 amide bonds. The van der Waals surface area contributed by atoms with Gasteiger partial charge >= 0.3 is 11.9 Å². The predicted octanol–water partition coefficient (Wildman–Crippen LogP) is 6.18. The smallest absolute Gasteiger partial charge is 0.338 e. The van der Waals surface area contributed by atoms with E-state index in [1.165, 1.54) is 0 Å². The molecule has 4 heteroatoms. The molecular weight excluding hydrogens is 400 g/mol. The molecule has 0 aliphatic carbocycles. The van der Waals surface area contributed by atoms with Crippen molar-refractivity contribution in [2.45, 2.75) is 12.2 Å². The van der Waals surface area contributed by atoms with Gasteiger partial charge in [-0.15, -0.1) is 0 Å². The van der Waals surface area contributed by atoms with Crippen LogP contribution in [0.15, 0.2) is 121 Å². The van der Waals surface area contributed by atoms with Gasteiger partial charge in [-0.05, 0) is 35.4 Å². The van der Waals surface area contributed by atoms with E-state index < -0.39 is 24.1 Å². The average Bonchev–Trinajstić information content (AvgIpc) is 2.88. The minimum atomic E-state index is -0.834. The number of carbonyl (C=O) groups excluding carboxylic acids is 2. The molecular formula is C28H22O4. The van der Waals surface area contributed by atoms with Crippen LogP contribution < -0.4 is 0 Å². The fourth-order valence-corrected chi connectivity index (χ4v) is 3.41. The van der Waals surface area contributed by atoms with Crippen LogP contribution in [0.1, 0.15) is 44.1 Å². The molecule has 4 rings (SSSR count). The van der Waals surface area contributed by atoms with Gasteiger partial charge in [0, 0.05) is 0 Å². The Morgan fingerprint density at radius 3 is 1.03 bits per heavy atom. The van der Waals surface area contributed by atoms with Gasteiger partial charge in [0.2, 0.25) is 0 Å². The van der Waals surface area contributed by atoms with Crippen LogP contribution in [-0.2, 0) is 9.47 Å². The van der Waals surface area contributed by atoms with E-state index in [4.69, 9.17) is 9.47 Å². The summed E-state index contributed by atoms with van der Waals surface area (Å²) in [5.41, 5.74) is 2.31. The van der Waals surface area contributed by atoms with Crippen LogP contribution in [0.5, 0.6) is 0 Å². The summed E-state index contributed by atoms with van der Waals surface area (Å²) >= 11 is 0. The molecule has 2 atom stereocenters. The topological polar surface area (TPSA) is 52.6 Å². The molecule has 4 nitrogen and oxygen atoms in total. The minimum absolute atomic E-state index is 0.426. The molecule has 0 N–H and O–H groups in total. The van der Waals surface area contributed by atoms with Crippen molar-refractivity contribution in [3.05, 3.63) is 144 Å². The van der Waals surface area contributed by atoms with Gasteiger partial charge in [-0.1, -0.05) is 97.1 Å². The Balaban J connectivity index is 1.72. The van der Waals surface area contributed by atoms with Gasteiger partial charge in [0.15, 0.2) is 12.2 Å². The Labute approximate surface area is 187 Å². The Kier molecular flexibility index (Phi) is 6.73. The molecule has 0 heterocycles. The van der Waals surface area contributed by atoms with Crippen molar-refractivity contribution in [3.8, 4) is 0 Å². The van der Waals surface area contributed by atoms with E-state index >= 15 is 0 Å². The van der Waals surface area contributed by atoms with Crippen molar-refractivity contribution in [2.75, 3.05) is 0 Å². The van der Waals surface area contributed by atoms with Gasteiger partial charge in [-0.25, -0.2) is 9.59 Å². The third kappa shape index (κ3) is 5.10. The highest BCUT2D eigenvalue weighted by molar-refractivity contribution is 5.90. The van der Waals surface area contributed by atoms with E-state index in [1.807, 2.05) is 72.8 Å².